The first-order valence-corrected chi connectivity index (χ1v) is 12.6. The van der Waals surface area contributed by atoms with Gasteiger partial charge in [-0.3, -0.25) is 24.2 Å². The summed E-state index contributed by atoms with van der Waals surface area (Å²) in [7, 11) is 0. The van der Waals surface area contributed by atoms with Crippen molar-refractivity contribution in [3.63, 3.8) is 0 Å². The quantitative estimate of drug-likeness (QED) is 0.0645. The van der Waals surface area contributed by atoms with Crippen molar-refractivity contribution >= 4 is 35.6 Å². The first-order valence-electron chi connectivity index (χ1n) is 12.6. The Hall–Kier alpha value is -4.20. The SMILES string of the molecule is CCC(C)C(NC(=O)C(N)Cc1ccccc1)C(=O)NC(CC(=O)O)C(=O)NC(CCCN=C(N)N)C(=O)O. The summed E-state index contributed by atoms with van der Waals surface area (Å²) in [5.74, 6) is -5.71. The lowest BCUT2D eigenvalue weighted by molar-refractivity contribution is -0.144. The smallest absolute Gasteiger partial charge is 0.326 e. The summed E-state index contributed by atoms with van der Waals surface area (Å²) in [6.07, 6.45) is 0.0593. The molecule has 3 amide bonds. The maximum Gasteiger partial charge on any atom is 0.326 e. The fourth-order valence-corrected chi connectivity index (χ4v) is 3.60. The van der Waals surface area contributed by atoms with Gasteiger partial charge in [0.1, 0.15) is 18.1 Å². The molecule has 0 fully saturated rings. The Kier molecular flexibility index (Phi) is 14.0. The fraction of sp³-hybridized carbons (Fsp3) is 0.520. The van der Waals surface area contributed by atoms with E-state index in [0.717, 1.165) is 5.56 Å². The lowest BCUT2D eigenvalue weighted by Gasteiger charge is -2.27. The van der Waals surface area contributed by atoms with E-state index in [1.807, 2.05) is 30.3 Å². The van der Waals surface area contributed by atoms with Gasteiger partial charge in [0.25, 0.3) is 0 Å². The summed E-state index contributed by atoms with van der Waals surface area (Å²) in [5.41, 5.74) is 17.3. The molecule has 5 unspecified atom stereocenters. The van der Waals surface area contributed by atoms with E-state index in [1.54, 1.807) is 13.8 Å². The Labute approximate surface area is 226 Å². The topological polar surface area (TPSA) is 252 Å². The maximum atomic E-state index is 13.2. The highest BCUT2D eigenvalue weighted by Crippen LogP contribution is 2.11. The van der Waals surface area contributed by atoms with Gasteiger partial charge in [-0.1, -0.05) is 50.6 Å². The minimum atomic E-state index is -1.60. The van der Waals surface area contributed by atoms with E-state index in [4.69, 9.17) is 17.2 Å². The third kappa shape index (κ3) is 12.3. The van der Waals surface area contributed by atoms with Gasteiger partial charge in [0, 0.05) is 6.54 Å². The van der Waals surface area contributed by atoms with Gasteiger partial charge in [-0.15, -0.1) is 0 Å². The van der Waals surface area contributed by atoms with E-state index in [2.05, 4.69) is 20.9 Å². The normalized spacial score (nSPS) is 14.5. The summed E-state index contributed by atoms with van der Waals surface area (Å²) in [5, 5.41) is 26.0. The van der Waals surface area contributed by atoms with Gasteiger partial charge >= 0.3 is 11.9 Å². The zero-order valence-electron chi connectivity index (χ0n) is 22.1. The number of amides is 3. The molecule has 0 spiro atoms. The molecule has 5 atom stereocenters. The van der Waals surface area contributed by atoms with Crippen LogP contribution in [0, 0.1) is 5.92 Å². The number of aliphatic carboxylic acids is 2. The molecule has 0 saturated carbocycles. The molecule has 11 N–H and O–H groups in total. The van der Waals surface area contributed by atoms with E-state index in [9.17, 15) is 34.2 Å². The van der Waals surface area contributed by atoms with Crippen LogP contribution in [0.1, 0.15) is 45.1 Å². The Morgan fingerprint density at radius 1 is 0.923 bits per heavy atom. The number of hydrogen-bond acceptors (Lipinski definition) is 7. The van der Waals surface area contributed by atoms with Crippen LogP contribution >= 0.6 is 0 Å². The Balaban J connectivity index is 2.96. The number of carboxylic acids is 2. The third-order valence-corrected chi connectivity index (χ3v) is 6.00. The van der Waals surface area contributed by atoms with Crippen molar-refractivity contribution in [1.82, 2.24) is 16.0 Å². The van der Waals surface area contributed by atoms with Crippen LogP contribution in [0.4, 0.5) is 0 Å². The maximum absolute atomic E-state index is 13.2. The third-order valence-electron chi connectivity index (χ3n) is 6.00. The molecule has 0 radical (unpaired) electrons. The lowest BCUT2D eigenvalue weighted by atomic mass is 9.96. The van der Waals surface area contributed by atoms with Crippen molar-refractivity contribution in [2.75, 3.05) is 6.54 Å². The van der Waals surface area contributed by atoms with Crippen LogP contribution in [-0.2, 0) is 30.4 Å². The molecular formula is C25H39N7O7. The first kappa shape index (κ1) is 32.8. The van der Waals surface area contributed by atoms with Crippen LogP contribution in [0.15, 0.2) is 35.3 Å². The number of carbonyl (C=O) groups is 5. The zero-order valence-corrected chi connectivity index (χ0v) is 22.1. The van der Waals surface area contributed by atoms with Crippen LogP contribution in [0.5, 0.6) is 0 Å². The molecule has 1 aromatic rings. The van der Waals surface area contributed by atoms with Gasteiger partial charge in [-0.25, -0.2) is 4.79 Å². The number of guanidine groups is 1. The molecule has 1 rings (SSSR count). The minimum Gasteiger partial charge on any atom is -0.481 e. The molecule has 14 heteroatoms. The second-order valence-electron chi connectivity index (χ2n) is 9.18. The van der Waals surface area contributed by atoms with E-state index in [-0.39, 0.29) is 31.8 Å². The van der Waals surface area contributed by atoms with Crippen LogP contribution in [-0.4, -0.2) is 76.5 Å². The summed E-state index contributed by atoms with van der Waals surface area (Å²) in [6, 6.07) is 4.01. The van der Waals surface area contributed by atoms with Gasteiger partial charge in [0.05, 0.1) is 12.5 Å². The van der Waals surface area contributed by atoms with Gasteiger partial charge < -0.3 is 43.4 Å². The molecule has 0 bridgehead atoms. The predicted molar refractivity (Wildman–Crippen MR) is 143 cm³/mol. The average Bonchev–Trinajstić information content (AvgIpc) is 2.87. The highest BCUT2D eigenvalue weighted by molar-refractivity contribution is 5.95. The van der Waals surface area contributed by atoms with Crippen molar-refractivity contribution in [1.29, 1.82) is 0 Å². The van der Waals surface area contributed by atoms with E-state index in [0.29, 0.717) is 6.42 Å². The van der Waals surface area contributed by atoms with E-state index < -0.39 is 66.2 Å². The van der Waals surface area contributed by atoms with Crippen molar-refractivity contribution in [2.45, 2.75) is 70.1 Å². The predicted octanol–water partition coefficient (Wildman–Crippen LogP) is -1.33. The minimum absolute atomic E-state index is 0.0452. The highest BCUT2D eigenvalue weighted by atomic mass is 16.4. The lowest BCUT2D eigenvalue weighted by Crippen LogP contribution is -2.59. The molecule has 1 aromatic carbocycles. The number of hydrogen-bond donors (Lipinski definition) is 8. The van der Waals surface area contributed by atoms with Crippen LogP contribution < -0.4 is 33.2 Å². The van der Waals surface area contributed by atoms with Gasteiger partial charge in [-0.2, -0.15) is 0 Å². The van der Waals surface area contributed by atoms with Crippen molar-refractivity contribution in [3.8, 4) is 0 Å². The molecule has 0 heterocycles. The molecule has 0 aliphatic carbocycles. The molecule has 0 aliphatic heterocycles. The van der Waals surface area contributed by atoms with E-state index >= 15 is 0 Å². The number of aliphatic imine (C=N–C) groups is 1. The zero-order chi connectivity index (χ0) is 29.5. The average molecular weight is 550 g/mol. The number of nitrogens with two attached hydrogens (primary N) is 3. The fourth-order valence-electron chi connectivity index (χ4n) is 3.60. The summed E-state index contributed by atoms with van der Waals surface area (Å²) < 4.78 is 0. The number of nitrogens with one attached hydrogen (secondary N) is 3. The number of nitrogens with zero attached hydrogens (tertiary/aromatic N) is 1. The van der Waals surface area contributed by atoms with Crippen molar-refractivity contribution in [3.05, 3.63) is 35.9 Å². The summed E-state index contributed by atoms with van der Waals surface area (Å²) in [6.45, 7) is 3.62. The Morgan fingerprint density at radius 3 is 2.08 bits per heavy atom. The largest absolute Gasteiger partial charge is 0.481 e. The van der Waals surface area contributed by atoms with E-state index in [1.165, 1.54) is 0 Å². The van der Waals surface area contributed by atoms with Gasteiger partial charge in [0.15, 0.2) is 5.96 Å². The number of benzene rings is 1. The van der Waals surface area contributed by atoms with Crippen molar-refractivity contribution in [2.24, 2.45) is 28.1 Å². The number of carboxylic acid groups (broad SMARTS) is 2. The summed E-state index contributed by atoms with van der Waals surface area (Å²) >= 11 is 0. The van der Waals surface area contributed by atoms with Crippen LogP contribution in [0.2, 0.25) is 0 Å². The van der Waals surface area contributed by atoms with Crippen molar-refractivity contribution < 1.29 is 34.2 Å². The standard InChI is InChI=1S/C25H39N7O7/c1-3-14(2)20(32-21(35)16(26)12-15-8-5-4-6-9-15)23(37)31-18(13-19(33)34)22(36)30-17(24(38)39)10-7-11-29-25(27)28/h4-6,8-9,14,16-18,20H,3,7,10-13,26H2,1-2H3,(H,30,36)(H,31,37)(H,32,35)(H,33,34)(H,38,39)(H4,27,28,29). The molecule has 0 saturated heterocycles. The Morgan fingerprint density at radius 2 is 1.54 bits per heavy atom. The monoisotopic (exact) mass is 549 g/mol. The van der Waals surface area contributed by atoms with Gasteiger partial charge in [0.2, 0.25) is 17.7 Å². The number of rotatable bonds is 17. The molecular weight excluding hydrogens is 510 g/mol. The highest BCUT2D eigenvalue weighted by Gasteiger charge is 2.33. The second-order valence-corrected chi connectivity index (χ2v) is 9.18. The molecule has 14 nitrogen and oxygen atoms in total. The molecule has 216 valence electrons. The first-order chi connectivity index (χ1) is 18.3. The molecule has 39 heavy (non-hydrogen) atoms. The molecule has 0 aliphatic rings. The Bertz CT molecular complexity index is 1020. The van der Waals surface area contributed by atoms with Crippen LogP contribution in [0.25, 0.3) is 0 Å². The number of carbonyl (C=O) groups excluding carboxylic acids is 3. The second kappa shape index (κ2) is 16.6. The summed E-state index contributed by atoms with van der Waals surface area (Å²) in [4.78, 5) is 65.6. The van der Waals surface area contributed by atoms with Gasteiger partial charge in [-0.05, 0) is 30.7 Å². The molecule has 0 aromatic heterocycles. The van der Waals surface area contributed by atoms with Crippen LogP contribution in [0.3, 0.4) is 0 Å².